The molecule has 2 rings (SSSR count). The van der Waals surface area contributed by atoms with Gasteiger partial charge in [-0.2, -0.15) is 0 Å². The number of hydrogen-bond donors (Lipinski definition) is 0. The SMILES string of the molecule is Cc1cc(Sc2nccn2C)nc(C)n1. The van der Waals surface area contributed by atoms with Gasteiger partial charge in [-0.05, 0) is 31.7 Å². The van der Waals surface area contributed by atoms with Gasteiger partial charge in [-0.25, -0.2) is 15.0 Å². The van der Waals surface area contributed by atoms with E-state index < -0.39 is 0 Å². The second-order valence-corrected chi connectivity index (χ2v) is 4.31. The average molecular weight is 220 g/mol. The summed E-state index contributed by atoms with van der Waals surface area (Å²) in [6, 6.07) is 1.96. The van der Waals surface area contributed by atoms with Crippen LogP contribution < -0.4 is 0 Å². The number of nitrogens with zero attached hydrogens (tertiary/aromatic N) is 4. The lowest BCUT2D eigenvalue weighted by molar-refractivity contribution is 0.787. The van der Waals surface area contributed by atoms with Crippen LogP contribution in [0.4, 0.5) is 0 Å². The van der Waals surface area contributed by atoms with Gasteiger partial charge in [0.05, 0.1) is 0 Å². The summed E-state index contributed by atoms with van der Waals surface area (Å²) in [4.78, 5) is 12.8. The van der Waals surface area contributed by atoms with Crippen molar-refractivity contribution in [3.63, 3.8) is 0 Å². The van der Waals surface area contributed by atoms with E-state index in [4.69, 9.17) is 0 Å². The van der Waals surface area contributed by atoms with Crippen molar-refractivity contribution in [2.45, 2.75) is 24.0 Å². The Morgan fingerprint density at radius 1 is 1.27 bits per heavy atom. The zero-order valence-electron chi connectivity index (χ0n) is 8.93. The fourth-order valence-corrected chi connectivity index (χ4v) is 2.19. The number of imidazole rings is 1. The Morgan fingerprint density at radius 3 is 2.67 bits per heavy atom. The van der Waals surface area contributed by atoms with Crippen LogP contribution in [0.25, 0.3) is 0 Å². The van der Waals surface area contributed by atoms with Crippen LogP contribution in [0.5, 0.6) is 0 Å². The third-order valence-corrected chi connectivity index (χ3v) is 2.91. The van der Waals surface area contributed by atoms with Gasteiger partial charge in [-0.1, -0.05) is 0 Å². The minimum absolute atomic E-state index is 0.798. The van der Waals surface area contributed by atoms with Gasteiger partial charge in [0.25, 0.3) is 0 Å². The molecule has 0 aromatic carbocycles. The molecule has 0 amide bonds. The highest BCUT2D eigenvalue weighted by atomic mass is 32.2. The number of rotatable bonds is 2. The maximum Gasteiger partial charge on any atom is 0.174 e. The molecule has 0 spiro atoms. The molecule has 0 unspecified atom stereocenters. The highest BCUT2D eigenvalue weighted by molar-refractivity contribution is 7.99. The van der Waals surface area contributed by atoms with Crippen molar-refractivity contribution in [2.75, 3.05) is 0 Å². The molecule has 0 aliphatic heterocycles. The van der Waals surface area contributed by atoms with Crippen molar-refractivity contribution >= 4 is 11.8 Å². The monoisotopic (exact) mass is 220 g/mol. The quantitative estimate of drug-likeness (QED) is 0.726. The van der Waals surface area contributed by atoms with Crippen LogP contribution >= 0.6 is 11.8 Å². The van der Waals surface area contributed by atoms with Gasteiger partial charge in [-0.3, -0.25) is 0 Å². The van der Waals surface area contributed by atoms with E-state index in [2.05, 4.69) is 15.0 Å². The Kier molecular flexibility index (Phi) is 2.73. The Morgan fingerprint density at radius 2 is 2.07 bits per heavy atom. The summed E-state index contributed by atoms with van der Waals surface area (Å²) in [5.41, 5.74) is 0.985. The summed E-state index contributed by atoms with van der Waals surface area (Å²) in [5.74, 6) is 0.798. The van der Waals surface area contributed by atoms with Gasteiger partial charge >= 0.3 is 0 Å². The fraction of sp³-hybridized carbons (Fsp3) is 0.300. The summed E-state index contributed by atoms with van der Waals surface area (Å²) < 4.78 is 1.97. The van der Waals surface area contributed by atoms with Crippen molar-refractivity contribution < 1.29 is 0 Å². The summed E-state index contributed by atoms with van der Waals surface area (Å²) >= 11 is 1.55. The predicted octanol–water partition coefficient (Wildman–Crippen LogP) is 1.98. The van der Waals surface area contributed by atoms with E-state index in [1.165, 1.54) is 0 Å². The molecule has 0 N–H and O–H groups in total. The first-order chi connectivity index (χ1) is 7.15. The summed E-state index contributed by atoms with van der Waals surface area (Å²) in [7, 11) is 1.97. The molecule has 0 bridgehead atoms. The van der Waals surface area contributed by atoms with Crippen LogP contribution in [0.3, 0.4) is 0 Å². The van der Waals surface area contributed by atoms with E-state index in [0.717, 1.165) is 21.7 Å². The van der Waals surface area contributed by atoms with Gasteiger partial charge in [0.1, 0.15) is 10.9 Å². The van der Waals surface area contributed by atoms with E-state index in [-0.39, 0.29) is 0 Å². The molecular formula is C10H12N4S. The Bertz CT molecular complexity index is 458. The van der Waals surface area contributed by atoms with Crippen molar-refractivity contribution in [3.05, 3.63) is 30.0 Å². The normalized spacial score (nSPS) is 10.6. The van der Waals surface area contributed by atoms with Gasteiger partial charge < -0.3 is 4.57 Å². The van der Waals surface area contributed by atoms with Crippen LogP contribution in [0, 0.1) is 13.8 Å². The zero-order chi connectivity index (χ0) is 10.8. The molecule has 5 heteroatoms. The summed E-state index contributed by atoms with van der Waals surface area (Å²) in [5, 5.41) is 1.88. The molecule has 2 heterocycles. The van der Waals surface area contributed by atoms with E-state index in [1.54, 1.807) is 18.0 Å². The second kappa shape index (κ2) is 4.02. The van der Waals surface area contributed by atoms with E-state index in [9.17, 15) is 0 Å². The summed E-state index contributed by atoms with van der Waals surface area (Å²) in [6.45, 7) is 3.87. The van der Waals surface area contributed by atoms with Crippen molar-refractivity contribution in [1.82, 2.24) is 19.5 Å². The van der Waals surface area contributed by atoms with E-state index in [0.29, 0.717) is 0 Å². The molecule has 0 fully saturated rings. The first-order valence-corrected chi connectivity index (χ1v) is 5.44. The first kappa shape index (κ1) is 10.2. The van der Waals surface area contributed by atoms with Crippen LogP contribution in [0.1, 0.15) is 11.5 Å². The van der Waals surface area contributed by atoms with Crippen LogP contribution in [0.2, 0.25) is 0 Å². The fourth-order valence-electron chi connectivity index (χ4n) is 1.28. The third kappa shape index (κ3) is 2.36. The molecule has 4 nitrogen and oxygen atoms in total. The van der Waals surface area contributed by atoms with E-state index in [1.807, 2.05) is 37.7 Å². The van der Waals surface area contributed by atoms with Crippen molar-refractivity contribution in [1.29, 1.82) is 0 Å². The molecule has 15 heavy (non-hydrogen) atoms. The van der Waals surface area contributed by atoms with Crippen LogP contribution in [-0.2, 0) is 7.05 Å². The number of aromatic nitrogens is 4. The zero-order valence-corrected chi connectivity index (χ0v) is 9.75. The minimum atomic E-state index is 0.798. The standard InChI is InChI=1S/C10H12N4S/c1-7-6-9(13-8(2)12-7)15-10-11-4-5-14(10)3/h4-6H,1-3H3. The van der Waals surface area contributed by atoms with Crippen LogP contribution in [0.15, 0.2) is 28.6 Å². The molecule has 2 aromatic heterocycles. The second-order valence-electron chi connectivity index (χ2n) is 3.32. The predicted molar refractivity (Wildman–Crippen MR) is 58.8 cm³/mol. The maximum absolute atomic E-state index is 4.35. The minimum Gasteiger partial charge on any atom is -0.329 e. The molecule has 0 saturated carbocycles. The molecule has 78 valence electrons. The van der Waals surface area contributed by atoms with Gasteiger partial charge in [0, 0.05) is 25.1 Å². The third-order valence-electron chi connectivity index (χ3n) is 1.92. The lowest BCUT2D eigenvalue weighted by Crippen LogP contribution is -1.94. The lowest BCUT2D eigenvalue weighted by atomic mass is 10.4. The van der Waals surface area contributed by atoms with Gasteiger partial charge in [0.2, 0.25) is 0 Å². The van der Waals surface area contributed by atoms with E-state index >= 15 is 0 Å². The Hall–Kier alpha value is -1.36. The molecule has 0 aliphatic rings. The average Bonchev–Trinajstić information content (AvgIpc) is 2.50. The smallest absolute Gasteiger partial charge is 0.174 e. The lowest BCUT2D eigenvalue weighted by Gasteiger charge is -2.02. The largest absolute Gasteiger partial charge is 0.329 e. The van der Waals surface area contributed by atoms with Crippen molar-refractivity contribution in [3.8, 4) is 0 Å². The molecule has 0 radical (unpaired) electrons. The molecule has 0 atom stereocenters. The van der Waals surface area contributed by atoms with Gasteiger partial charge in [0.15, 0.2) is 5.16 Å². The topological polar surface area (TPSA) is 43.6 Å². The number of hydrogen-bond acceptors (Lipinski definition) is 4. The first-order valence-electron chi connectivity index (χ1n) is 4.62. The molecule has 2 aromatic rings. The van der Waals surface area contributed by atoms with Crippen LogP contribution in [-0.4, -0.2) is 19.5 Å². The van der Waals surface area contributed by atoms with Gasteiger partial charge in [-0.15, -0.1) is 0 Å². The highest BCUT2D eigenvalue weighted by Crippen LogP contribution is 2.23. The molecular weight excluding hydrogens is 208 g/mol. The van der Waals surface area contributed by atoms with Crippen molar-refractivity contribution in [2.24, 2.45) is 7.05 Å². The Labute approximate surface area is 92.8 Å². The molecule has 0 saturated heterocycles. The molecule has 0 aliphatic carbocycles. The summed E-state index contributed by atoms with van der Waals surface area (Å²) in [6.07, 6.45) is 3.70. The Balaban J connectivity index is 2.28. The highest BCUT2D eigenvalue weighted by Gasteiger charge is 2.05. The number of aryl methyl sites for hydroxylation is 3. The maximum atomic E-state index is 4.35.